The molecule has 4 N–H and O–H groups in total. The second-order valence-corrected chi connectivity index (χ2v) is 5.33. The number of rotatable bonds is 2. The van der Waals surface area contributed by atoms with E-state index in [1.807, 2.05) is 0 Å². The van der Waals surface area contributed by atoms with Gasteiger partial charge in [0.25, 0.3) is 0 Å². The Morgan fingerprint density at radius 1 is 1.32 bits per heavy atom. The van der Waals surface area contributed by atoms with Crippen LogP contribution in [0.25, 0.3) is 0 Å². The van der Waals surface area contributed by atoms with Crippen LogP contribution in [-0.2, 0) is 0 Å². The zero-order chi connectivity index (χ0) is 13.6. The number of hydrogen-bond donors (Lipinski definition) is 3. The molecule has 2 aliphatic heterocycles. The molecule has 2 atom stereocenters. The van der Waals surface area contributed by atoms with E-state index in [2.05, 4.69) is 9.88 Å². The van der Waals surface area contributed by atoms with Crippen LogP contribution in [0.3, 0.4) is 0 Å². The van der Waals surface area contributed by atoms with Crippen LogP contribution < -0.4 is 10.6 Å². The Hall–Kier alpha value is -1.82. The smallest absolute Gasteiger partial charge is 0.354 e. The SMILES string of the molecule is Nc1ccc(C(=O)O)nc1N1C2CCC1CC(O)C2. The predicted molar refractivity (Wildman–Crippen MR) is 70.1 cm³/mol. The number of carbonyl (C=O) groups is 1. The number of aliphatic hydroxyl groups excluding tert-OH is 1. The second-order valence-electron chi connectivity index (χ2n) is 5.33. The van der Waals surface area contributed by atoms with Gasteiger partial charge in [0.15, 0.2) is 11.5 Å². The molecule has 1 aromatic rings. The van der Waals surface area contributed by atoms with E-state index in [1.54, 1.807) is 6.07 Å². The fourth-order valence-electron chi connectivity index (χ4n) is 3.28. The Morgan fingerprint density at radius 2 is 1.95 bits per heavy atom. The highest BCUT2D eigenvalue weighted by Gasteiger charge is 2.41. The molecule has 0 spiro atoms. The van der Waals surface area contributed by atoms with E-state index in [0.717, 1.165) is 12.8 Å². The van der Waals surface area contributed by atoms with Gasteiger partial charge in [0, 0.05) is 12.1 Å². The highest BCUT2D eigenvalue weighted by molar-refractivity contribution is 5.87. The maximum atomic E-state index is 11.0. The number of aliphatic hydroxyl groups is 1. The molecular formula is C13H17N3O3. The van der Waals surface area contributed by atoms with Gasteiger partial charge in [-0.1, -0.05) is 0 Å². The van der Waals surface area contributed by atoms with Crippen LogP contribution in [-0.4, -0.2) is 39.4 Å². The summed E-state index contributed by atoms with van der Waals surface area (Å²) < 4.78 is 0. The number of piperidine rings is 1. The third kappa shape index (κ3) is 2.02. The van der Waals surface area contributed by atoms with E-state index in [0.29, 0.717) is 24.3 Å². The van der Waals surface area contributed by atoms with Gasteiger partial charge in [-0.2, -0.15) is 0 Å². The molecular weight excluding hydrogens is 246 g/mol. The number of carboxylic acid groups (broad SMARTS) is 1. The Bertz CT molecular complexity index is 506. The quantitative estimate of drug-likeness (QED) is 0.731. The molecule has 102 valence electrons. The lowest BCUT2D eigenvalue weighted by atomic mass is 9.99. The van der Waals surface area contributed by atoms with Gasteiger partial charge >= 0.3 is 5.97 Å². The number of fused-ring (bicyclic) bond motifs is 2. The highest BCUT2D eigenvalue weighted by Crippen LogP contribution is 2.40. The van der Waals surface area contributed by atoms with Crippen molar-refractivity contribution in [1.29, 1.82) is 0 Å². The van der Waals surface area contributed by atoms with Crippen molar-refractivity contribution in [2.24, 2.45) is 0 Å². The molecule has 2 unspecified atom stereocenters. The van der Waals surface area contributed by atoms with Gasteiger partial charge in [-0.3, -0.25) is 0 Å². The van der Waals surface area contributed by atoms with Gasteiger partial charge in [0.1, 0.15) is 0 Å². The van der Waals surface area contributed by atoms with E-state index in [-0.39, 0.29) is 23.9 Å². The molecule has 3 rings (SSSR count). The summed E-state index contributed by atoms with van der Waals surface area (Å²) in [4.78, 5) is 17.3. The third-order valence-electron chi connectivity index (χ3n) is 4.08. The number of carboxylic acids is 1. The van der Waals surface area contributed by atoms with Crippen LogP contribution in [0.5, 0.6) is 0 Å². The number of pyridine rings is 1. The van der Waals surface area contributed by atoms with Crippen LogP contribution in [0.4, 0.5) is 11.5 Å². The standard InChI is InChI=1S/C13H17N3O3/c14-10-3-4-11(13(18)19)15-12(10)16-7-1-2-8(16)6-9(17)5-7/h3-4,7-9,17H,1-2,5-6,14H2,(H,18,19). The molecule has 1 aromatic heterocycles. The van der Waals surface area contributed by atoms with Crippen molar-refractivity contribution in [3.8, 4) is 0 Å². The monoisotopic (exact) mass is 263 g/mol. The zero-order valence-corrected chi connectivity index (χ0v) is 10.5. The van der Waals surface area contributed by atoms with E-state index in [9.17, 15) is 9.90 Å². The average molecular weight is 263 g/mol. The number of aromatic carboxylic acids is 1. The topological polar surface area (TPSA) is 99.7 Å². The van der Waals surface area contributed by atoms with Gasteiger partial charge < -0.3 is 20.8 Å². The summed E-state index contributed by atoms with van der Waals surface area (Å²) in [6.45, 7) is 0. The molecule has 0 aliphatic carbocycles. The molecule has 6 nitrogen and oxygen atoms in total. The molecule has 0 radical (unpaired) electrons. The second kappa shape index (κ2) is 4.38. The minimum atomic E-state index is -1.05. The lowest BCUT2D eigenvalue weighted by molar-refractivity contribution is 0.0690. The number of hydrogen-bond acceptors (Lipinski definition) is 5. The summed E-state index contributed by atoms with van der Waals surface area (Å²) in [7, 11) is 0. The fraction of sp³-hybridized carbons (Fsp3) is 0.538. The van der Waals surface area contributed by atoms with Gasteiger partial charge in [0.2, 0.25) is 0 Å². The minimum Gasteiger partial charge on any atom is -0.477 e. The van der Waals surface area contributed by atoms with Crippen molar-refractivity contribution >= 4 is 17.5 Å². The molecule has 2 saturated heterocycles. The van der Waals surface area contributed by atoms with Crippen molar-refractivity contribution in [2.45, 2.75) is 43.9 Å². The van der Waals surface area contributed by atoms with E-state index >= 15 is 0 Å². The molecule has 2 aliphatic rings. The zero-order valence-electron chi connectivity index (χ0n) is 10.5. The molecule has 0 amide bonds. The van der Waals surface area contributed by atoms with Crippen LogP contribution in [0.15, 0.2) is 12.1 Å². The molecule has 2 bridgehead atoms. The summed E-state index contributed by atoms with van der Waals surface area (Å²) in [6.07, 6.45) is 3.14. The minimum absolute atomic E-state index is 0.00900. The lowest BCUT2D eigenvalue weighted by Gasteiger charge is -2.38. The number of nitrogen functional groups attached to an aromatic ring is 1. The normalized spacial score (nSPS) is 29.5. The summed E-state index contributed by atoms with van der Waals surface area (Å²) in [5.74, 6) is -0.495. The molecule has 0 aromatic carbocycles. The Kier molecular flexibility index (Phi) is 2.82. The Morgan fingerprint density at radius 3 is 2.53 bits per heavy atom. The Balaban J connectivity index is 1.98. The Labute approximate surface area is 110 Å². The molecule has 0 saturated carbocycles. The van der Waals surface area contributed by atoms with Gasteiger partial charge in [0.05, 0.1) is 11.8 Å². The van der Waals surface area contributed by atoms with Crippen LogP contribution in [0.1, 0.15) is 36.2 Å². The van der Waals surface area contributed by atoms with Crippen molar-refractivity contribution in [3.63, 3.8) is 0 Å². The first-order chi connectivity index (χ1) is 9.06. The largest absolute Gasteiger partial charge is 0.477 e. The van der Waals surface area contributed by atoms with E-state index in [4.69, 9.17) is 10.8 Å². The molecule has 6 heteroatoms. The first-order valence-corrected chi connectivity index (χ1v) is 6.52. The van der Waals surface area contributed by atoms with Crippen LogP contribution in [0, 0.1) is 0 Å². The molecule has 19 heavy (non-hydrogen) atoms. The van der Waals surface area contributed by atoms with E-state index < -0.39 is 5.97 Å². The van der Waals surface area contributed by atoms with Crippen molar-refractivity contribution in [2.75, 3.05) is 10.6 Å². The van der Waals surface area contributed by atoms with Gasteiger partial charge in [-0.05, 0) is 37.8 Å². The van der Waals surface area contributed by atoms with Gasteiger partial charge in [-0.25, -0.2) is 9.78 Å². The lowest BCUT2D eigenvalue weighted by Crippen LogP contribution is -2.45. The summed E-state index contributed by atoms with van der Waals surface area (Å²) in [6, 6.07) is 3.44. The van der Waals surface area contributed by atoms with E-state index in [1.165, 1.54) is 6.07 Å². The maximum absolute atomic E-state index is 11.0. The first kappa shape index (κ1) is 12.2. The number of nitrogens with two attached hydrogens (primary N) is 1. The predicted octanol–water partition coefficient (Wildman–Crippen LogP) is 0.854. The number of aromatic nitrogens is 1. The van der Waals surface area contributed by atoms with Crippen molar-refractivity contribution < 1.29 is 15.0 Å². The fourth-order valence-corrected chi connectivity index (χ4v) is 3.28. The van der Waals surface area contributed by atoms with Crippen LogP contribution in [0.2, 0.25) is 0 Å². The maximum Gasteiger partial charge on any atom is 0.354 e. The summed E-state index contributed by atoms with van der Waals surface area (Å²) in [5.41, 5.74) is 6.46. The molecule has 2 fully saturated rings. The van der Waals surface area contributed by atoms with Crippen LogP contribution >= 0.6 is 0 Å². The summed E-state index contributed by atoms with van der Waals surface area (Å²) in [5, 5.41) is 18.8. The van der Waals surface area contributed by atoms with Crippen molar-refractivity contribution in [3.05, 3.63) is 17.8 Å². The average Bonchev–Trinajstić information content (AvgIpc) is 2.62. The highest BCUT2D eigenvalue weighted by atomic mass is 16.4. The first-order valence-electron chi connectivity index (χ1n) is 6.52. The number of nitrogens with zero attached hydrogens (tertiary/aromatic N) is 2. The number of anilines is 2. The molecule has 3 heterocycles. The third-order valence-corrected chi connectivity index (χ3v) is 4.08. The summed E-state index contributed by atoms with van der Waals surface area (Å²) >= 11 is 0. The van der Waals surface area contributed by atoms with Gasteiger partial charge in [-0.15, -0.1) is 0 Å². The van der Waals surface area contributed by atoms with Crippen molar-refractivity contribution in [1.82, 2.24) is 4.98 Å².